The molecule has 2 aromatic rings. The van der Waals surface area contributed by atoms with Crippen molar-refractivity contribution in [2.75, 3.05) is 13.1 Å². The van der Waals surface area contributed by atoms with Crippen LogP contribution in [0.15, 0.2) is 48.7 Å². The van der Waals surface area contributed by atoms with E-state index in [1.54, 1.807) is 29.2 Å². The third-order valence-corrected chi connectivity index (χ3v) is 4.26. The van der Waals surface area contributed by atoms with Crippen LogP contribution in [0, 0.1) is 22.7 Å². The second-order valence-corrected chi connectivity index (χ2v) is 5.92. The summed E-state index contributed by atoms with van der Waals surface area (Å²) < 4.78 is 0. The molecule has 2 amide bonds. The molecule has 0 atom stereocenters. The summed E-state index contributed by atoms with van der Waals surface area (Å²) in [4.78, 5) is 18.2. The number of nitriles is 2. The van der Waals surface area contributed by atoms with Crippen molar-refractivity contribution in [1.29, 1.82) is 10.5 Å². The van der Waals surface area contributed by atoms with Crippen LogP contribution in [-0.2, 0) is 6.54 Å². The predicted molar refractivity (Wildman–Crippen MR) is 96.5 cm³/mol. The lowest BCUT2D eigenvalue weighted by Crippen LogP contribution is -2.41. The maximum atomic E-state index is 12.3. The second-order valence-electron chi connectivity index (χ2n) is 5.92. The third-order valence-electron chi connectivity index (χ3n) is 4.26. The molecule has 1 aromatic heterocycles. The van der Waals surface area contributed by atoms with Gasteiger partial charge in [0, 0.05) is 19.3 Å². The van der Waals surface area contributed by atoms with Crippen molar-refractivity contribution >= 4 is 11.6 Å². The van der Waals surface area contributed by atoms with Crippen molar-refractivity contribution in [3.8, 4) is 12.1 Å². The first-order valence-corrected chi connectivity index (χ1v) is 8.27. The van der Waals surface area contributed by atoms with Gasteiger partial charge < -0.3 is 10.2 Å². The van der Waals surface area contributed by atoms with Gasteiger partial charge in [0.2, 0.25) is 0 Å². The Morgan fingerprint density at radius 2 is 1.85 bits per heavy atom. The summed E-state index contributed by atoms with van der Waals surface area (Å²) in [6.45, 7) is 1.51. The normalized spacial score (nSPS) is 13.3. The lowest BCUT2D eigenvalue weighted by atomic mass is 9.99. The summed E-state index contributed by atoms with van der Waals surface area (Å²) in [7, 11) is 0. The minimum absolute atomic E-state index is 0.133. The van der Waals surface area contributed by atoms with Gasteiger partial charge in [-0.15, -0.1) is 0 Å². The minimum atomic E-state index is -0.133. The molecule has 0 bridgehead atoms. The summed E-state index contributed by atoms with van der Waals surface area (Å²) in [5, 5.41) is 20.5. The number of rotatable bonds is 3. The monoisotopic (exact) mass is 343 g/mol. The number of nitrogens with zero attached hydrogens (tertiary/aromatic N) is 4. The molecule has 0 aliphatic carbocycles. The van der Waals surface area contributed by atoms with Gasteiger partial charge in [-0.1, -0.05) is 18.2 Å². The number of benzene rings is 1. The van der Waals surface area contributed by atoms with Crippen LogP contribution in [0.25, 0.3) is 5.57 Å². The smallest absolute Gasteiger partial charge is 0.318 e. The average Bonchev–Trinajstić information content (AvgIpc) is 2.72. The minimum Gasteiger partial charge on any atom is -0.332 e. The second kappa shape index (κ2) is 7.96. The van der Waals surface area contributed by atoms with Crippen LogP contribution in [0.3, 0.4) is 0 Å². The van der Waals surface area contributed by atoms with Crippen molar-refractivity contribution in [2.45, 2.75) is 13.0 Å². The molecule has 2 heterocycles. The van der Waals surface area contributed by atoms with Gasteiger partial charge in [-0.05, 0) is 41.8 Å². The van der Waals surface area contributed by atoms with Gasteiger partial charge in [-0.3, -0.25) is 4.98 Å². The van der Waals surface area contributed by atoms with Gasteiger partial charge >= 0.3 is 6.03 Å². The van der Waals surface area contributed by atoms with Crippen LogP contribution in [0.2, 0.25) is 0 Å². The summed E-state index contributed by atoms with van der Waals surface area (Å²) in [6, 6.07) is 14.9. The van der Waals surface area contributed by atoms with Gasteiger partial charge in [-0.2, -0.15) is 10.5 Å². The average molecular weight is 343 g/mol. The fourth-order valence-electron chi connectivity index (χ4n) is 2.75. The number of nitrogens with one attached hydrogen (secondary N) is 1. The van der Waals surface area contributed by atoms with Crippen molar-refractivity contribution < 1.29 is 4.79 Å². The number of carbonyl (C=O) groups excluding carboxylic acids is 1. The van der Waals surface area contributed by atoms with E-state index in [1.807, 2.05) is 24.3 Å². The molecule has 6 heteroatoms. The molecular weight excluding hydrogens is 326 g/mol. The first-order chi connectivity index (χ1) is 12.7. The fourth-order valence-corrected chi connectivity index (χ4v) is 2.75. The van der Waals surface area contributed by atoms with Crippen molar-refractivity contribution in [3.05, 3.63) is 71.1 Å². The van der Waals surface area contributed by atoms with E-state index in [2.05, 4.69) is 16.4 Å². The van der Waals surface area contributed by atoms with E-state index in [0.29, 0.717) is 36.5 Å². The number of hydrogen-bond acceptors (Lipinski definition) is 4. The van der Waals surface area contributed by atoms with E-state index >= 15 is 0 Å². The number of urea groups is 1. The van der Waals surface area contributed by atoms with E-state index < -0.39 is 0 Å². The van der Waals surface area contributed by atoms with Crippen LogP contribution in [0.1, 0.15) is 28.8 Å². The Balaban J connectivity index is 1.54. The number of aromatic nitrogens is 1. The summed E-state index contributed by atoms with van der Waals surface area (Å²) in [5.41, 5.74) is 4.13. The Bertz CT molecular complexity index is 901. The lowest BCUT2D eigenvalue weighted by molar-refractivity contribution is 0.202. The molecule has 0 radical (unpaired) electrons. The molecule has 0 fully saturated rings. The van der Waals surface area contributed by atoms with E-state index in [0.717, 1.165) is 12.0 Å². The van der Waals surface area contributed by atoms with E-state index in [-0.39, 0.29) is 6.03 Å². The van der Waals surface area contributed by atoms with Crippen LogP contribution in [0.4, 0.5) is 4.79 Å². The molecule has 26 heavy (non-hydrogen) atoms. The third kappa shape index (κ3) is 4.06. The highest BCUT2D eigenvalue weighted by atomic mass is 16.2. The molecular formula is C20H17N5O. The number of pyridine rings is 1. The Kier molecular flexibility index (Phi) is 5.26. The molecule has 1 aliphatic heterocycles. The van der Waals surface area contributed by atoms with Gasteiger partial charge in [0.05, 0.1) is 29.4 Å². The topological polar surface area (TPSA) is 92.8 Å². The summed E-state index contributed by atoms with van der Waals surface area (Å²) in [6.07, 6.45) is 4.31. The zero-order valence-electron chi connectivity index (χ0n) is 14.1. The van der Waals surface area contributed by atoms with E-state index in [9.17, 15) is 4.79 Å². The molecule has 0 saturated carbocycles. The molecule has 0 unspecified atom stereocenters. The largest absolute Gasteiger partial charge is 0.332 e. The zero-order valence-corrected chi connectivity index (χ0v) is 14.1. The van der Waals surface area contributed by atoms with Crippen LogP contribution in [0.5, 0.6) is 0 Å². The maximum Gasteiger partial charge on any atom is 0.318 e. The fraction of sp³-hybridized carbons (Fsp3) is 0.200. The Morgan fingerprint density at radius 1 is 1.12 bits per heavy atom. The Labute approximate surface area is 152 Å². The summed E-state index contributed by atoms with van der Waals surface area (Å²) in [5.74, 6) is 0. The van der Waals surface area contributed by atoms with Crippen molar-refractivity contribution in [2.24, 2.45) is 0 Å². The Morgan fingerprint density at radius 3 is 2.42 bits per heavy atom. The quantitative estimate of drug-likeness (QED) is 0.927. The van der Waals surface area contributed by atoms with Crippen molar-refractivity contribution in [3.63, 3.8) is 0 Å². The lowest BCUT2D eigenvalue weighted by Gasteiger charge is -2.26. The van der Waals surface area contributed by atoms with E-state index in [4.69, 9.17) is 10.5 Å². The molecule has 0 saturated heterocycles. The van der Waals surface area contributed by atoms with Gasteiger partial charge in [0.25, 0.3) is 0 Å². The molecule has 6 nitrogen and oxygen atoms in total. The molecule has 3 rings (SSSR count). The van der Waals surface area contributed by atoms with Crippen molar-refractivity contribution in [1.82, 2.24) is 15.2 Å². The highest BCUT2D eigenvalue weighted by Crippen LogP contribution is 2.22. The maximum absolute atomic E-state index is 12.3. The number of hydrogen-bond donors (Lipinski definition) is 1. The van der Waals surface area contributed by atoms with Crippen LogP contribution in [-0.4, -0.2) is 29.0 Å². The molecule has 1 N–H and O–H groups in total. The van der Waals surface area contributed by atoms with Crippen LogP contribution >= 0.6 is 0 Å². The van der Waals surface area contributed by atoms with Gasteiger partial charge in [-0.25, -0.2) is 4.79 Å². The van der Waals surface area contributed by atoms with Crippen LogP contribution < -0.4 is 5.32 Å². The first kappa shape index (κ1) is 17.2. The predicted octanol–water partition coefficient (Wildman–Crippen LogP) is 2.82. The summed E-state index contributed by atoms with van der Waals surface area (Å²) >= 11 is 0. The molecule has 128 valence electrons. The zero-order chi connectivity index (χ0) is 18.4. The van der Waals surface area contributed by atoms with Gasteiger partial charge in [0.1, 0.15) is 6.07 Å². The highest BCUT2D eigenvalue weighted by Gasteiger charge is 2.17. The molecule has 0 spiro atoms. The Hall–Kier alpha value is -3.64. The van der Waals surface area contributed by atoms with E-state index in [1.165, 1.54) is 11.8 Å². The standard InChI is InChI=1S/C20H17N5O/c21-11-15-1-4-17(5-2-15)18-7-9-25(10-8-18)20(26)24-14-19-6-3-16(12-22)13-23-19/h1-7,13H,8-10,14H2,(H,24,26). The highest BCUT2D eigenvalue weighted by molar-refractivity contribution is 5.76. The number of amides is 2. The van der Waals surface area contributed by atoms with Gasteiger partial charge in [0.15, 0.2) is 0 Å². The molecule has 1 aliphatic rings. The SMILES string of the molecule is N#Cc1ccc(C2=CCN(C(=O)NCc3ccc(C#N)cn3)CC2)cc1. The number of carbonyl (C=O) groups is 1. The molecule has 1 aromatic carbocycles. The first-order valence-electron chi connectivity index (χ1n) is 8.27.